The van der Waals surface area contributed by atoms with E-state index in [0.717, 1.165) is 0 Å². The minimum Gasteiger partial charge on any atom is -0.725 e. The van der Waals surface area contributed by atoms with Crippen LogP contribution in [0.4, 0.5) is 0 Å². The summed E-state index contributed by atoms with van der Waals surface area (Å²) in [6, 6.07) is 0. The van der Waals surface area contributed by atoms with Crippen molar-refractivity contribution in [2.45, 2.75) is 0 Å². The summed E-state index contributed by atoms with van der Waals surface area (Å²) in [6.07, 6.45) is 0. The Morgan fingerprint density at radius 3 is 0.406 bits per heavy atom. The van der Waals surface area contributed by atoms with Crippen molar-refractivity contribution in [2.75, 3.05) is 0 Å². The Balaban J connectivity index is -0.00000000795. The van der Waals surface area contributed by atoms with Gasteiger partial charge in [-0.25, -0.2) is 33.7 Å². The Kier molecular flexibility index (Phi) is 154. The molecule has 208 valence electrons. The van der Waals surface area contributed by atoms with Crippen LogP contribution in [0, 0.1) is 0 Å². The van der Waals surface area contributed by atoms with Gasteiger partial charge < -0.3 is 83.9 Å². The minimum atomic E-state index is -5.43. The van der Waals surface area contributed by atoms with Crippen molar-refractivity contribution in [1.82, 2.24) is 0 Å². The van der Waals surface area contributed by atoms with E-state index < -0.39 is 41.6 Å². The zero-order valence-electron chi connectivity index (χ0n) is 14.9. The Morgan fingerprint density at radius 1 is 0.344 bits per heavy atom. The summed E-state index contributed by atoms with van der Waals surface area (Å²) in [4.78, 5) is 0. The van der Waals surface area contributed by atoms with Gasteiger partial charge in [-0.3, -0.25) is 0 Å². The molecule has 0 bridgehead atoms. The van der Waals surface area contributed by atoms with Gasteiger partial charge in [0.15, 0.2) is 0 Å². The summed E-state index contributed by atoms with van der Waals surface area (Å²) >= 11 is 0. The van der Waals surface area contributed by atoms with Crippen LogP contribution < -0.4 is 51.4 Å². The second-order valence-corrected chi connectivity index (χ2v) is 6.12. The van der Waals surface area contributed by atoms with Crippen molar-refractivity contribution < 1.29 is 176 Å². The van der Waals surface area contributed by atoms with Crippen LogP contribution in [0.25, 0.3) is 0 Å². The molecule has 0 saturated heterocycles. The van der Waals surface area contributed by atoms with Crippen molar-refractivity contribution in [3.8, 4) is 0 Å². The van der Waals surface area contributed by atoms with Crippen molar-refractivity contribution in [1.29, 1.82) is 0 Å². The van der Waals surface area contributed by atoms with Crippen LogP contribution in [0.15, 0.2) is 0 Å². The SMILES string of the molecule is O.O.O.O.O.O.O.O.O.O.O.O.O=S(=O)([O-])OS(=O)(=O)[O-].O=S(=O)([O-])OS(=O)(=O)[O-].[Al+3].[K+]. The van der Waals surface area contributed by atoms with E-state index in [0.29, 0.717) is 0 Å². The molecule has 0 amide bonds. The van der Waals surface area contributed by atoms with Gasteiger partial charge in [-0.15, -0.1) is 0 Å². The summed E-state index contributed by atoms with van der Waals surface area (Å²) < 4.78 is 116. The van der Waals surface area contributed by atoms with E-state index >= 15 is 0 Å². The second kappa shape index (κ2) is 42.4. The largest absolute Gasteiger partial charge is 3.00 e. The third-order valence-electron chi connectivity index (χ3n) is 0.333. The Bertz CT molecular complexity index is 542. The predicted molar refractivity (Wildman–Crippen MR) is 90.1 cm³/mol. The maximum atomic E-state index is 9.29. The van der Waals surface area contributed by atoms with Crippen molar-refractivity contribution in [3.05, 3.63) is 0 Å². The monoisotopic (exact) mass is 634 g/mol. The number of rotatable bonds is 4. The quantitative estimate of drug-likeness (QED) is 0.157. The van der Waals surface area contributed by atoms with Gasteiger partial charge in [0.25, 0.3) is 0 Å². The summed E-state index contributed by atoms with van der Waals surface area (Å²) in [5.41, 5.74) is 0. The standard InChI is InChI=1S/Al.K.2H2O7S2.12H2O/c;;2*1-8(2,3)7-9(4,5)6;;;;;;;;;;;;/h;;2*(H,1,2,3)(H,4,5,6);12*1H2/q+3;+1;;;;;;;;;;;;;;/p-4. The van der Waals surface area contributed by atoms with Crippen LogP contribution in [0.1, 0.15) is 0 Å². The maximum absolute atomic E-state index is 9.29. The summed E-state index contributed by atoms with van der Waals surface area (Å²) in [6.45, 7) is 0. The summed E-state index contributed by atoms with van der Waals surface area (Å²) in [7, 11) is -21.7. The molecule has 0 aliphatic carbocycles. The van der Waals surface area contributed by atoms with Gasteiger partial charge in [0.05, 0.1) is 0 Å². The molecule has 0 fully saturated rings. The fourth-order valence-corrected chi connectivity index (χ4v) is 1.84. The van der Waals surface area contributed by atoms with E-state index in [1.165, 1.54) is 0 Å². The van der Waals surface area contributed by atoms with Crippen molar-refractivity contribution >= 4 is 59.0 Å². The first kappa shape index (κ1) is 116. The van der Waals surface area contributed by atoms with E-state index in [4.69, 9.17) is 0 Å². The second-order valence-electron chi connectivity index (χ2n) is 1.77. The van der Waals surface area contributed by atoms with Gasteiger partial charge in [0, 0.05) is 0 Å². The minimum absolute atomic E-state index is 0. The fraction of sp³-hybridized carbons (Fsp3) is 0. The fourth-order valence-electron chi connectivity index (χ4n) is 0.204. The van der Waals surface area contributed by atoms with Gasteiger partial charge in [-0.1, -0.05) is 0 Å². The van der Waals surface area contributed by atoms with Crippen LogP contribution in [-0.2, 0) is 48.9 Å². The molecule has 0 unspecified atom stereocenters. The molecule has 24 N–H and O–H groups in total. The third-order valence-corrected chi connectivity index (χ3v) is 3.00. The summed E-state index contributed by atoms with van der Waals surface area (Å²) in [5.74, 6) is 0. The van der Waals surface area contributed by atoms with Gasteiger partial charge in [0.2, 0.25) is 41.6 Å². The molecule has 0 aromatic carbocycles. The van der Waals surface area contributed by atoms with Gasteiger partial charge in [0.1, 0.15) is 0 Å². The van der Waals surface area contributed by atoms with E-state index in [-0.39, 0.29) is 134 Å². The molecule has 32 heavy (non-hydrogen) atoms. The first-order valence-corrected chi connectivity index (χ1v) is 8.00. The van der Waals surface area contributed by atoms with Gasteiger partial charge in [-0.2, -0.15) is 7.26 Å². The van der Waals surface area contributed by atoms with Crippen molar-refractivity contribution in [2.24, 2.45) is 0 Å². The molecule has 0 rings (SSSR count). The average molecular weight is 635 g/mol. The number of hydrogen-bond donors (Lipinski definition) is 0. The molecule has 0 atom stereocenters. The van der Waals surface area contributed by atoms with Crippen LogP contribution >= 0.6 is 0 Å². The molecule has 0 aliphatic heterocycles. The molecule has 32 heteroatoms. The van der Waals surface area contributed by atoms with Crippen LogP contribution in [0.2, 0.25) is 0 Å². The molecule has 0 heterocycles. The van der Waals surface area contributed by atoms with E-state index in [1.807, 2.05) is 0 Å². The molecule has 0 radical (unpaired) electrons. The normalized spacial score (nSPS) is 7.62. The van der Waals surface area contributed by atoms with Crippen LogP contribution in [-0.4, -0.2) is 135 Å². The zero-order chi connectivity index (χ0) is 15.4. The number of hydrogen-bond acceptors (Lipinski definition) is 14. The molecule has 0 spiro atoms. The van der Waals surface area contributed by atoms with E-state index in [2.05, 4.69) is 7.26 Å². The predicted octanol–water partition coefficient (Wildman–Crippen LogP) is -17.4. The molecule has 0 saturated carbocycles. The Morgan fingerprint density at radius 2 is 0.406 bits per heavy atom. The van der Waals surface area contributed by atoms with Crippen LogP contribution in [0.5, 0.6) is 0 Å². The zero-order valence-corrected chi connectivity index (χ0v) is 22.5. The Labute approximate surface area is 233 Å². The smallest absolute Gasteiger partial charge is 0.725 e. The van der Waals surface area contributed by atoms with Gasteiger partial charge >= 0.3 is 68.7 Å². The average Bonchev–Trinajstić information content (AvgIpc) is 1.64. The van der Waals surface area contributed by atoms with E-state index in [9.17, 15) is 51.9 Å². The molecular weight excluding hydrogens is 610 g/mol. The first-order chi connectivity index (χ1) is 7.41. The third kappa shape index (κ3) is 163. The van der Waals surface area contributed by atoms with Crippen molar-refractivity contribution in [3.63, 3.8) is 0 Å². The van der Waals surface area contributed by atoms with E-state index in [1.54, 1.807) is 0 Å². The van der Waals surface area contributed by atoms with Crippen LogP contribution in [0.3, 0.4) is 0 Å². The molecular formula is H24AlKO26S4. The molecule has 0 aromatic rings. The molecule has 26 nitrogen and oxygen atoms in total. The van der Waals surface area contributed by atoms with Gasteiger partial charge in [-0.05, 0) is 0 Å². The topological polar surface area (TPSA) is 625 Å². The molecule has 0 aliphatic rings. The maximum Gasteiger partial charge on any atom is 3.00 e. The first-order valence-electron chi connectivity index (χ1n) is 2.67. The molecule has 0 aromatic heterocycles. The summed E-state index contributed by atoms with van der Waals surface area (Å²) in [5, 5.41) is 0. The Hall–Kier alpha value is 1.25.